The van der Waals surface area contributed by atoms with Gasteiger partial charge in [0.1, 0.15) is 0 Å². The van der Waals surface area contributed by atoms with Crippen molar-refractivity contribution in [3.8, 4) is 0 Å². The van der Waals surface area contributed by atoms with Crippen LogP contribution in [0.15, 0.2) is 18.2 Å². The molecule has 0 bridgehead atoms. The van der Waals surface area contributed by atoms with Crippen molar-refractivity contribution in [2.45, 2.75) is 38.9 Å². The summed E-state index contributed by atoms with van der Waals surface area (Å²) in [5, 5.41) is 0.609. The molecule has 1 aromatic rings. The van der Waals surface area contributed by atoms with E-state index in [4.69, 9.17) is 21.1 Å². The van der Waals surface area contributed by atoms with Crippen LogP contribution in [0.3, 0.4) is 0 Å². The van der Waals surface area contributed by atoms with E-state index < -0.39 is 5.79 Å². The molecule has 1 spiro atoms. The Morgan fingerprint density at radius 1 is 1.23 bits per heavy atom. The average Bonchev–Trinajstić information content (AvgIpc) is 3.07. The number of piperidine rings is 1. The molecular formula is C19H25ClN2O4. The van der Waals surface area contributed by atoms with Crippen LogP contribution in [-0.4, -0.2) is 55.3 Å². The van der Waals surface area contributed by atoms with Gasteiger partial charge in [-0.05, 0) is 24.6 Å². The molecule has 2 heterocycles. The van der Waals surface area contributed by atoms with Gasteiger partial charge in [-0.25, -0.2) is 0 Å². The number of ether oxygens (including phenoxy) is 2. The van der Waals surface area contributed by atoms with Crippen molar-refractivity contribution in [2.24, 2.45) is 0 Å². The SMILES string of the molecule is CC(=O)N(CCC(=O)N1CCC2(CC1)OCCO2)c1cccc(Cl)c1C. The van der Waals surface area contributed by atoms with Crippen LogP contribution in [0.2, 0.25) is 5.02 Å². The first-order chi connectivity index (χ1) is 12.4. The third kappa shape index (κ3) is 4.03. The molecule has 0 saturated carbocycles. The van der Waals surface area contributed by atoms with Crippen molar-refractivity contribution in [1.82, 2.24) is 4.90 Å². The van der Waals surface area contributed by atoms with Gasteiger partial charge >= 0.3 is 0 Å². The minimum absolute atomic E-state index is 0.0452. The summed E-state index contributed by atoms with van der Waals surface area (Å²) in [6.07, 6.45) is 1.67. The van der Waals surface area contributed by atoms with Crippen molar-refractivity contribution in [2.75, 3.05) is 37.7 Å². The molecule has 26 heavy (non-hydrogen) atoms. The Labute approximate surface area is 159 Å². The Hall–Kier alpha value is -1.63. The Kier molecular flexibility index (Phi) is 5.85. The van der Waals surface area contributed by atoms with Crippen molar-refractivity contribution in [3.63, 3.8) is 0 Å². The molecule has 0 unspecified atom stereocenters. The second kappa shape index (κ2) is 7.94. The van der Waals surface area contributed by atoms with Crippen LogP contribution in [0.1, 0.15) is 31.7 Å². The number of benzene rings is 1. The van der Waals surface area contributed by atoms with Gasteiger partial charge in [-0.2, -0.15) is 0 Å². The van der Waals surface area contributed by atoms with E-state index in [9.17, 15) is 9.59 Å². The fourth-order valence-electron chi connectivity index (χ4n) is 3.58. The molecule has 142 valence electrons. The summed E-state index contributed by atoms with van der Waals surface area (Å²) in [6.45, 7) is 6.21. The van der Waals surface area contributed by atoms with Crippen molar-refractivity contribution in [1.29, 1.82) is 0 Å². The van der Waals surface area contributed by atoms with Crippen LogP contribution < -0.4 is 4.90 Å². The number of carbonyl (C=O) groups excluding carboxylic acids is 2. The van der Waals surface area contributed by atoms with Crippen LogP contribution in [0, 0.1) is 6.92 Å². The number of nitrogens with zero attached hydrogens (tertiary/aromatic N) is 2. The highest BCUT2D eigenvalue weighted by molar-refractivity contribution is 6.31. The maximum Gasteiger partial charge on any atom is 0.224 e. The van der Waals surface area contributed by atoms with Crippen LogP contribution in [-0.2, 0) is 19.1 Å². The lowest BCUT2D eigenvalue weighted by Crippen LogP contribution is -2.48. The number of anilines is 1. The molecule has 0 atom stereocenters. The summed E-state index contributed by atoms with van der Waals surface area (Å²) in [5.74, 6) is -0.544. The zero-order valence-electron chi connectivity index (χ0n) is 15.3. The molecule has 3 rings (SSSR count). The van der Waals surface area contributed by atoms with Crippen LogP contribution >= 0.6 is 11.6 Å². The molecule has 2 aliphatic heterocycles. The van der Waals surface area contributed by atoms with E-state index in [0.29, 0.717) is 50.7 Å². The molecule has 2 fully saturated rings. The zero-order chi connectivity index (χ0) is 18.7. The van der Waals surface area contributed by atoms with E-state index in [1.54, 1.807) is 11.0 Å². The smallest absolute Gasteiger partial charge is 0.224 e. The highest BCUT2D eigenvalue weighted by Crippen LogP contribution is 2.31. The molecule has 6 nitrogen and oxygen atoms in total. The van der Waals surface area contributed by atoms with Gasteiger partial charge in [0.15, 0.2) is 5.79 Å². The van der Waals surface area contributed by atoms with E-state index in [-0.39, 0.29) is 18.2 Å². The summed E-state index contributed by atoms with van der Waals surface area (Å²) in [7, 11) is 0. The van der Waals surface area contributed by atoms with Gasteiger partial charge in [-0.3, -0.25) is 9.59 Å². The second-order valence-corrected chi connectivity index (χ2v) is 7.20. The molecule has 0 radical (unpaired) electrons. The molecule has 7 heteroatoms. The fourth-order valence-corrected chi connectivity index (χ4v) is 3.75. The summed E-state index contributed by atoms with van der Waals surface area (Å²) in [6, 6.07) is 5.46. The first-order valence-electron chi connectivity index (χ1n) is 9.01. The average molecular weight is 381 g/mol. The minimum Gasteiger partial charge on any atom is -0.347 e. The maximum absolute atomic E-state index is 12.6. The Bertz CT molecular complexity index is 678. The molecule has 0 N–H and O–H groups in total. The largest absolute Gasteiger partial charge is 0.347 e. The monoisotopic (exact) mass is 380 g/mol. The highest BCUT2D eigenvalue weighted by atomic mass is 35.5. The molecule has 0 aliphatic carbocycles. The zero-order valence-corrected chi connectivity index (χ0v) is 16.1. The van der Waals surface area contributed by atoms with Gasteiger partial charge < -0.3 is 19.3 Å². The fraction of sp³-hybridized carbons (Fsp3) is 0.579. The topological polar surface area (TPSA) is 59.1 Å². The van der Waals surface area contributed by atoms with Gasteiger partial charge in [-0.1, -0.05) is 17.7 Å². The molecule has 0 aromatic heterocycles. The van der Waals surface area contributed by atoms with E-state index in [1.807, 2.05) is 24.0 Å². The van der Waals surface area contributed by atoms with Crippen molar-refractivity contribution >= 4 is 29.1 Å². The van der Waals surface area contributed by atoms with Gasteiger partial charge in [0, 0.05) is 56.5 Å². The second-order valence-electron chi connectivity index (χ2n) is 6.79. The van der Waals surface area contributed by atoms with Gasteiger partial charge in [0.05, 0.1) is 13.2 Å². The predicted octanol–water partition coefficient (Wildman–Crippen LogP) is 2.76. The first-order valence-corrected chi connectivity index (χ1v) is 9.38. The molecular weight excluding hydrogens is 356 g/mol. The van der Waals surface area contributed by atoms with E-state index in [2.05, 4.69) is 0 Å². The van der Waals surface area contributed by atoms with E-state index in [1.165, 1.54) is 6.92 Å². The van der Waals surface area contributed by atoms with Gasteiger partial charge in [-0.15, -0.1) is 0 Å². The summed E-state index contributed by atoms with van der Waals surface area (Å²) < 4.78 is 11.4. The standard InChI is InChI=1S/C19H25ClN2O4/c1-14-16(20)4-3-5-17(14)22(15(2)23)9-6-18(24)21-10-7-19(8-11-21)25-12-13-26-19/h3-5H,6-13H2,1-2H3. The maximum atomic E-state index is 12.6. The number of likely N-dealkylation sites (tertiary alicyclic amines) is 1. The summed E-state index contributed by atoms with van der Waals surface area (Å²) in [4.78, 5) is 28.1. The number of carbonyl (C=O) groups is 2. The summed E-state index contributed by atoms with van der Waals surface area (Å²) >= 11 is 6.17. The normalized spacial score (nSPS) is 19.0. The molecule has 2 saturated heterocycles. The number of amides is 2. The van der Waals surface area contributed by atoms with Gasteiger partial charge in [0.25, 0.3) is 0 Å². The molecule has 2 aliphatic rings. The first kappa shape index (κ1) is 19.1. The van der Waals surface area contributed by atoms with Crippen molar-refractivity contribution < 1.29 is 19.1 Å². The lowest BCUT2D eigenvalue weighted by Gasteiger charge is -2.37. The van der Waals surface area contributed by atoms with E-state index >= 15 is 0 Å². The Morgan fingerprint density at radius 3 is 2.50 bits per heavy atom. The molecule has 2 amide bonds. The third-order valence-electron chi connectivity index (χ3n) is 5.15. The van der Waals surface area contributed by atoms with Crippen LogP contribution in [0.25, 0.3) is 0 Å². The third-order valence-corrected chi connectivity index (χ3v) is 5.56. The van der Waals surface area contributed by atoms with Crippen LogP contribution in [0.5, 0.6) is 0 Å². The predicted molar refractivity (Wildman–Crippen MR) is 99.3 cm³/mol. The number of halogens is 1. The van der Waals surface area contributed by atoms with E-state index in [0.717, 1.165) is 11.3 Å². The number of rotatable bonds is 4. The Balaban J connectivity index is 1.58. The number of hydrogen-bond donors (Lipinski definition) is 0. The molecule has 1 aromatic carbocycles. The highest BCUT2D eigenvalue weighted by Gasteiger charge is 2.40. The van der Waals surface area contributed by atoms with Gasteiger partial charge in [0.2, 0.25) is 11.8 Å². The van der Waals surface area contributed by atoms with Crippen molar-refractivity contribution in [3.05, 3.63) is 28.8 Å². The quantitative estimate of drug-likeness (QED) is 0.805. The minimum atomic E-state index is -0.486. The lowest BCUT2D eigenvalue weighted by atomic mass is 10.0. The number of hydrogen-bond acceptors (Lipinski definition) is 4. The Morgan fingerprint density at radius 2 is 1.88 bits per heavy atom. The lowest BCUT2D eigenvalue weighted by molar-refractivity contribution is -0.187. The van der Waals surface area contributed by atoms with Crippen LogP contribution in [0.4, 0.5) is 5.69 Å². The summed E-state index contributed by atoms with van der Waals surface area (Å²) in [5.41, 5.74) is 1.59.